The normalized spacial score (nSPS) is 10.6. The lowest BCUT2D eigenvalue weighted by atomic mass is 10.1. The molecule has 0 aliphatic rings. The second kappa shape index (κ2) is 11.5. The van der Waals surface area contributed by atoms with Crippen molar-refractivity contribution in [2.75, 3.05) is 41.0 Å². The highest BCUT2D eigenvalue weighted by molar-refractivity contribution is 5.94. The highest BCUT2D eigenvalue weighted by Crippen LogP contribution is 2.26. The first kappa shape index (κ1) is 21.0. The van der Waals surface area contributed by atoms with E-state index in [4.69, 9.17) is 14.2 Å². The molecular weight excluding hydrogens is 322 g/mol. The van der Waals surface area contributed by atoms with Gasteiger partial charge in [-0.2, -0.15) is 0 Å². The van der Waals surface area contributed by atoms with Crippen LogP contribution in [0.4, 0.5) is 0 Å². The predicted octanol–water partition coefficient (Wildman–Crippen LogP) is 2.48. The Morgan fingerprint density at radius 2 is 1.88 bits per heavy atom. The van der Waals surface area contributed by atoms with Crippen molar-refractivity contribution in [1.29, 1.82) is 0 Å². The van der Waals surface area contributed by atoms with Gasteiger partial charge in [0, 0.05) is 12.6 Å². The SMILES string of the molecule is COc1cc(OCCCN(C)C)ccc1CCCOC(=O)CC(C)=O. The van der Waals surface area contributed by atoms with E-state index in [0.717, 1.165) is 36.4 Å². The van der Waals surface area contributed by atoms with Gasteiger partial charge >= 0.3 is 5.97 Å². The highest BCUT2D eigenvalue weighted by Gasteiger charge is 2.08. The number of methoxy groups -OCH3 is 1. The van der Waals surface area contributed by atoms with E-state index < -0.39 is 5.97 Å². The number of hydrogen-bond donors (Lipinski definition) is 0. The van der Waals surface area contributed by atoms with Crippen LogP contribution in [0.25, 0.3) is 0 Å². The van der Waals surface area contributed by atoms with E-state index in [-0.39, 0.29) is 18.8 Å². The van der Waals surface area contributed by atoms with E-state index in [2.05, 4.69) is 4.90 Å². The van der Waals surface area contributed by atoms with E-state index in [1.807, 2.05) is 32.3 Å². The van der Waals surface area contributed by atoms with Crippen LogP contribution in [0.5, 0.6) is 11.5 Å². The van der Waals surface area contributed by atoms with Crippen molar-refractivity contribution in [3.63, 3.8) is 0 Å². The molecule has 1 aromatic carbocycles. The summed E-state index contributed by atoms with van der Waals surface area (Å²) in [6.45, 7) is 3.30. The summed E-state index contributed by atoms with van der Waals surface area (Å²) in [6.07, 6.45) is 2.19. The Morgan fingerprint density at radius 1 is 1.12 bits per heavy atom. The fourth-order valence-corrected chi connectivity index (χ4v) is 2.29. The van der Waals surface area contributed by atoms with Crippen molar-refractivity contribution in [2.45, 2.75) is 32.6 Å². The number of ether oxygens (including phenoxy) is 3. The minimum Gasteiger partial charge on any atom is -0.496 e. The number of hydrogen-bond acceptors (Lipinski definition) is 6. The van der Waals surface area contributed by atoms with Gasteiger partial charge in [-0.3, -0.25) is 9.59 Å². The summed E-state index contributed by atoms with van der Waals surface area (Å²) in [5.41, 5.74) is 1.03. The maximum atomic E-state index is 11.3. The molecule has 0 atom stereocenters. The van der Waals surface area contributed by atoms with E-state index >= 15 is 0 Å². The number of carbonyl (C=O) groups excluding carboxylic acids is 2. The molecule has 0 bridgehead atoms. The van der Waals surface area contributed by atoms with E-state index in [9.17, 15) is 9.59 Å². The van der Waals surface area contributed by atoms with Crippen LogP contribution in [-0.2, 0) is 20.7 Å². The molecule has 0 amide bonds. The van der Waals surface area contributed by atoms with Gasteiger partial charge in [0.05, 0.1) is 20.3 Å². The summed E-state index contributed by atoms with van der Waals surface area (Å²) in [5, 5.41) is 0. The molecule has 0 saturated heterocycles. The van der Waals surface area contributed by atoms with Crippen molar-refractivity contribution >= 4 is 11.8 Å². The first-order valence-electron chi connectivity index (χ1n) is 8.52. The summed E-state index contributed by atoms with van der Waals surface area (Å²) in [6, 6.07) is 5.78. The zero-order valence-corrected chi connectivity index (χ0v) is 15.7. The third kappa shape index (κ3) is 9.10. The number of aryl methyl sites for hydroxylation is 1. The van der Waals surface area contributed by atoms with Gasteiger partial charge in [-0.1, -0.05) is 6.07 Å². The van der Waals surface area contributed by atoms with Crippen molar-refractivity contribution in [1.82, 2.24) is 4.90 Å². The molecule has 6 heteroatoms. The molecule has 1 rings (SSSR count). The van der Waals surface area contributed by atoms with E-state index in [1.54, 1.807) is 7.11 Å². The molecule has 25 heavy (non-hydrogen) atoms. The first-order chi connectivity index (χ1) is 11.9. The Bertz CT molecular complexity index is 557. The molecule has 0 saturated carbocycles. The van der Waals surface area contributed by atoms with Crippen LogP contribution < -0.4 is 9.47 Å². The lowest BCUT2D eigenvalue weighted by Gasteiger charge is -2.13. The lowest BCUT2D eigenvalue weighted by molar-refractivity contribution is -0.145. The van der Waals surface area contributed by atoms with Gasteiger partial charge in [0.2, 0.25) is 0 Å². The Hall–Kier alpha value is -2.08. The lowest BCUT2D eigenvalue weighted by Crippen LogP contribution is -2.15. The van der Waals surface area contributed by atoms with Gasteiger partial charge < -0.3 is 19.1 Å². The van der Waals surface area contributed by atoms with Crippen LogP contribution in [-0.4, -0.2) is 57.6 Å². The number of ketones is 1. The van der Waals surface area contributed by atoms with Crippen molar-refractivity contribution < 1.29 is 23.8 Å². The first-order valence-corrected chi connectivity index (χ1v) is 8.52. The molecule has 0 fully saturated rings. The molecule has 0 spiro atoms. The van der Waals surface area contributed by atoms with E-state index in [1.165, 1.54) is 6.92 Å². The smallest absolute Gasteiger partial charge is 0.313 e. The second-order valence-electron chi connectivity index (χ2n) is 6.18. The average Bonchev–Trinajstić information content (AvgIpc) is 2.55. The molecule has 0 aromatic heterocycles. The summed E-state index contributed by atoms with van der Waals surface area (Å²) < 4.78 is 16.2. The Balaban J connectivity index is 2.41. The number of Topliss-reactive ketones (excluding diaryl/α,β-unsaturated/α-hetero) is 1. The summed E-state index contributed by atoms with van der Waals surface area (Å²) in [7, 11) is 5.70. The quantitative estimate of drug-likeness (QED) is 0.327. The Kier molecular flexibility index (Phi) is 9.62. The molecule has 0 unspecified atom stereocenters. The standard InChI is InChI=1S/C19H29NO5/c1-15(21)13-19(22)25-11-5-7-16-8-9-17(14-18(16)23-4)24-12-6-10-20(2)3/h8-9,14H,5-7,10-13H2,1-4H3. The predicted molar refractivity (Wildman–Crippen MR) is 96.2 cm³/mol. The van der Waals surface area contributed by atoms with Crippen LogP contribution in [0.3, 0.4) is 0 Å². The maximum Gasteiger partial charge on any atom is 0.313 e. The van der Waals surface area contributed by atoms with Crippen molar-refractivity contribution in [3.05, 3.63) is 23.8 Å². The van der Waals surface area contributed by atoms with Gasteiger partial charge in [-0.05, 0) is 51.9 Å². The largest absolute Gasteiger partial charge is 0.496 e. The summed E-state index contributed by atoms with van der Waals surface area (Å²) in [4.78, 5) is 24.3. The van der Waals surface area contributed by atoms with Gasteiger partial charge in [0.25, 0.3) is 0 Å². The molecule has 140 valence electrons. The van der Waals surface area contributed by atoms with Crippen LogP contribution in [0.1, 0.15) is 31.7 Å². The zero-order chi connectivity index (χ0) is 18.7. The second-order valence-corrected chi connectivity index (χ2v) is 6.18. The van der Waals surface area contributed by atoms with Crippen LogP contribution >= 0.6 is 0 Å². The summed E-state index contributed by atoms with van der Waals surface area (Å²) >= 11 is 0. The van der Waals surface area contributed by atoms with Gasteiger partial charge in [0.15, 0.2) is 0 Å². The molecule has 0 aliphatic heterocycles. The third-order valence-corrected chi connectivity index (χ3v) is 3.52. The number of carbonyl (C=O) groups is 2. The van der Waals surface area contributed by atoms with Crippen LogP contribution in [0.2, 0.25) is 0 Å². The molecule has 0 aliphatic carbocycles. The average molecular weight is 351 g/mol. The van der Waals surface area contributed by atoms with Crippen LogP contribution in [0, 0.1) is 0 Å². The fraction of sp³-hybridized carbons (Fsp3) is 0.579. The fourth-order valence-electron chi connectivity index (χ4n) is 2.29. The van der Waals surface area contributed by atoms with Crippen molar-refractivity contribution in [2.24, 2.45) is 0 Å². The van der Waals surface area contributed by atoms with Crippen molar-refractivity contribution in [3.8, 4) is 11.5 Å². The molecule has 0 N–H and O–H groups in total. The summed E-state index contributed by atoms with van der Waals surface area (Å²) in [5.74, 6) is 0.890. The van der Waals surface area contributed by atoms with Gasteiger partial charge in [0.1, 0.15) is 23.7 Å². The van der Waals surface area contributed by atoms with E-state index in [0.29, 0.717) is 13.0 Å². The number of benzene rings is 1. The number of nitrogens with zero attached hydrogens (tertiary/aromatic N) is 1. The van der Waals surface area contributed by atoms with Gasteiger partial charge in [-0.25, -0.2) is 0 Å². The Labute approximate surface area is 150 Å². The maximum absolute atomic E-state index is 11.3. The Morgan fingerprint density at radius 3 is 2.52 bits per heavy atom. The third-order valence-electron chi connectivity index (χ3n) is 3.52. The minimum absolute atomic E-state index is 0.164. The number of esters is 1. The highest BCUT2D eigenvalue weighted by atomic mass is 16.5. The molecule has 6 nitrogen and oxygen atoms in total. The zero-order valence-electron chi connectivity index (χ0n) is 15.7. The molecule has 0 radical (unpaired) electrons. The molecular formula is C19H29NO5. The van der Waals surface area contributed by atoms with Crippen LogP contribution in [0.15, 0.2) is 18.2 Å². The molecule has 1 aromatic rings. The minimum atomic E-state index is -0.471. The van der Waals surface area contributed by atoms with Gasteiger partial charge in [-0.15, -0.1) is 0 Å². The number of rotatable bonds is 12. The monoisotopic (exact) mass is 351 g/mol. The topological polar surface area (TPSA) is 65.1 Å². The molecule has 0 heterocycles.